The molecule has 0 amide bonds. The third kappa shape index (κ3) is 1.58. The Morgan fingerprint density at radius 3 is 3.05 bits per heavy atom. The number of aromatic nitrogens is 3. The molecule has 4 N–H and O–H groups in total. The number of nitrogens with two attached hydrogens (primary N) is 1. The molecule has 0 saturated carbocycles. The smallest absolute Gasteiger partial charge is 0.222 e. The van der Waals surface area contributed by atoms with E-state index in [1.165, 1.54) is 10.8 Å². The maximum atomic E-state index is 10.2. The highest BCUT2D eigenvalue weighted by Crippen LogP contribution is 2.39. The quantitative estimate of drug-likeness (QED) is 0.652. The lowest BCUT2D eigenvalue weighted by atomic mass is 9.94. The molecule has 1 aliphatic heterocycles. The summed E-state index contributed by atoms with van der Waals surface area (Å²) in [5.74, 6) is 0.269. The molecule has 1 fully saturated rings. The number of hydrogen-bond donors (Lipinski definition) is 3. The van der Waals surface area contributed by atoms with Gasteiger partial charge in [0.2, 0.25) is 5.60 Å². The van der Waals surface area contributed by atoms with Gasteiger partial charge in [-0.05, 0) is 12.1 Å². The van der Waals surface area contributed by atoms with Crippen LogP contribution >= 0.6 is 0 Å². The Labute approximate surface area is 114 Å². The summed E-state index contributed by atoms with van der Waals surface area (Å²) < 4.78 is 6.99. The molecule has 3 heterocycles. The van der Waals surface area contributed by atoms with Gasteiger partial charge < -0.3 is 20.7 Å². The number of nitriles is 1. The topological polar surface area (TPSA) is 130 Å². The Bertz CT molecular complexity index is 694. The van der Waals surface area contributed by atoms with Gasteiger partial charge in [0, 0.05) is 6.42 Å². The van der Waals surface area contributed by atoms with E-state index in [0.29, 0.717) is 11.2 Å². The van der Waals surface area contributed by atoms with E-state index in [-0.39, 0.29) is 18.8 Å². The number of fused-ring (bicyclic) bond motifs is 1. The van der Waals surface area contributed by atoms with E-state index < -0.39 is 17.8 Å². The second-order valence-electron chi connectivity index (χ2n) is 4.68. The van der Waals surface area contributed by atoms with Gasteiger partial charge in [-0.1, -0.05) is 0 Å². The minimum atomic E-state index is -1.57. The Kier molecular flexibility index (Phi) is 2.83. The van der Waals surface area contributed by atoms with Crippen LogP contribution in [0, 0.1) is 11.3 Å². The number of aliphatic hydroxyl groups is 2. The van der Waals surface area contributed by atoms with Crippen molar-refractivity contribution in [2.24, 2.45) is 0 Å². The molecular formula is C12H13N5O3. The van der Waals surface area contributed by atoms with Crippen LogP contribution in [0.5, 0.6) is 0 Å². The summed E-state index contributed by atoms with van der Waals surface area (Å²) in [7, 11) is 0. The lowest BCUT2D eigenvalue weighted by Gasteiger charge is -2.24. The summed E-state index contributed by atoms with van der Waals surface area (Å²) >= 11 is 0. The highest BCUT2D eigenvalue weighted by molar-refractivity contribution is 5.66. The average Bonchev–Trinajstić information content (AvgIpc) is 3.01. The molecule has 8 nitrogen and oxygen atoms in total. The molecule has 0 spiro atoms. The molecule has 0 bridgehead atoms. The first kappa shape index (κ1) is 12.8. The summed E-state index contributed by atoms with van der Waals surface area (Å²) in [6, 6.07) is 5.28. The highest BCUT2D eigenvalue weighted by Gasteiger charge is 2.51. The maximum absolute atomic E-state index is 10.2. The van der Waals surface area contributed by atoms with Crippen LogP contribution in [0.3, 0.4) is 0 Å². The number of rotatable bonds is 2. The Hall–Kier alpha value is -2.21. The zero-order valence-electron chi connectivity index (χ0n) is 10.5. The van der Waals surface area contributed by atoms with Crippen LogP contribution in [0.4, 0.5) is 5.82 Å². The van der Waals surface area contributed by atoms with E-state index >= 15 is 0 Å². The van der Waals surface area contributed by atoms with E-state index in [1.807, 2.05) is 6.07 Å². The van der Waals surface area contributed by atoms with E-state index in [0.717, 1.165) is 0 Å². The summed E-state index contributed by atoms with van der Waals surface area (Å²) in [5.41, 5.74) is 5.07. The van der Waals surface area contributed by atoms with E-state index in [4.69, 9.17) is 15.6 Å². The summed E-state index contributed by atoms with van der Waals surface area (Å²) in [4.78, 5) is 3.87. The van der Waals surface area contributed by atoms with Crippen molar-refractivity contribution in [1.29, 1.82) is 5.26 Å². The normalized spacial score (nSPS) is 29.6. The van der Waals surface area contributed by atoms with E-state index in [2.05, 4.69) is 10.1 Å². The molecule has 104 valence electrons. The Morgan fingerprint density at radius 2 is 2.40 bits per heavy atom. The van der Waals surface area contributed by atoms with E-state index in [9.17, 15) is 10.4 Å². The zero-order valence-corrected chi connectivity index (χ0v) is 10.5. The summed E-state index contributed by atoms with van der Waals surface area (Å²) in [5, 5.41) is 32.9. The molecule has 3 rings (SSSR count). The average molecular weight is 275 g/mol. The van der Waals surface area contributed by atoms with Crippen LogP contribution in [0.25, 0.3) is 5.52 Å². The molecule has 0 aromatic carbocycles. The first-order valence-electron chi connectivity index (χ1n) is 6.09. The number of nitrogen functional groups attached to an aromatic ring is 1. The van der Waals surface area contributed by atoms with E-state index in [1.54, 1.807) is 12.1 Å². The van der Waals surface area contributed by atoms with Crippen LogP contribution < -0.4 is 5.73 Å². The van der Waals surface area contributed by atoms with Gasteiger partial charge in [0.1, 0.15) is 24.0 Å². The largest absolute Gasteiger partial charge is 0.394 e. The minimum Gasteiger partial charge on any atom is -0.394 e. The van der Waals surface area contributed by atoms with Gasteiger partial charge in [0.25, 0.3) is 0 Å². The van der Waals surface area contributed by atoms with Gasteiger partial charge in [0.15, 0.2) is 5.82 Å². The molecule has 1 unspecified atom stereocenters. The van der Waals surface area contributed by atoms with Crippen molar-refractivity contribution in [3.63, 3.8) is 0 Å². The van der Waals surface area contributed by atoms with Crippen molar-refractivity contribution < 1.29 is 14.9 Å². The fourth-order valence-electron chi connectivity index (χ4n) is 2.54. The van der Waals surface area contributed by atoms with Gasteiger partial charge in [-0.2, -0.15) is 10.4 Å². The Morgan fingerprint density at radius 1 is 1.60 bits per heavy atom. The third-order valence-corrected chi connectivity index (χ3v) is 3.54. The first-order chi connectivity index (χ1) is 9.62. The minimum absolute atomic E-state index is 0.178. The molecule has 3 atom stereocenters. The van der Waals surface area contributed by atoms with Gasteiger partial charge >= 0.3 is 0 Å². The molecule has 1 saturated heterocycles. The second-order valence-corrected chi connectivity index (χ2v) is 4.68. The molecular weight excluding hydrogens is 262 g/mol. The van der Waals surface area contributed by atoms with Crippen molar-refractivity contribution >= 4 is 11.3 Å². The summed E-state index contributed by atoms with van der Waals surface area (Å²) in [6.07, 6.45) is -0.201. The first-order valence-corrected chi connectivity index (χ1v) is 6.09. The lowest BCUT2D eigenvalue weighted by molar-refractivity contribution is -0.0630. The molecule has 8 heteroatoms. The van der Waals surface area contributed by atoms with Crippen molar-refractivity contribution in [2.75, 3.05) is 12.3 Å². The third-order valence-electron chi connectivity index (χ3n) is 3.54. The van der Waals surface area contributed by atoms with Crippen molar-refractivity contribution in [3.05, 3.63) is 24.2 Å². The number of ether oxygens (including phenoxy) is 1. The number of aliphatic hydroxyl groups excluding tert-OH is 2. The SMILES string of the molecule is N#C[C@@]1(c2ccc3c(N)ncnn23)OC(CO)C[C@H]1O. The van der Waals surface area contributed by atoms with Crippen LogP contribution in [0.15, 0.2) is 18.5 Å². The lowest BCUT2D eigenvalue weighted by Crippen LogP contribution is -2.36. The molecule has 1 aliphatic rings. The monoisotopic (exact) mass is 275 g/mol. The maximum Gasteiger partial charge on any atom is 0.222 e. The van der Waals surface area contributed by atoms with Crippen LogP contribution in [-0.2, 0) is 10.3 Å². The fraction of sp³-hybridized carbons (Fsp3) is 0.417. The number of anilines is 1. The van der Waals surface area contributed by atoms with Gasteiger partial charge in [-0.25, -0.2) is 9.50 Å². The molecule has 2 aromatic rings. The molecule has 0 radical (unpaired) electrons. The van der Waals surface area contributed by atoms with Crippen molar-refractivity contribution in [3.8, 4) is 6.07 Å². The predicted molar refractivity (Wildman–Crippen MR) is 67.3 cm³/mol. The summed E-state index contributed by atoms with van der Waals surface area (Å²) in [6.45, 7) is -0.263. The van der Waals surface area contributed by atoms with Crippen LogP contribution in [0.1, 0.15) is 12.1 Å². The highest BCUT2D eigenvalue weighted by atomic mass is 16.5. The molecule has 2 aromatic heterocycles. The number of hydrogen-bond acceptors (Lipinski definition) is 7. The molecule has 20 heavy (non-hydrogen) atoms. The Balaban J connectivity index is 2.18. The standard InChI is InChI=1S/C12H13N5O3/c13-5-12(10(19)3-7(4-18)20-12)9-2-1-8-11(14)15-6-16-17(8)9/h1-2,6-7,10,18-19H,3-4H2,(H2,14,15,16)/t7?,10-,12+/m1/s1. The van der Waals surface area contributed by atoms with Gasteiger partial charge in [-0.3, -0.25) is 0 Å². The van der Waals surface area contributed by atoms with Gasteiger partial charge in [-0.15, -0.1) is 0 Å². The number of nitrogens with zero attached hydrogens (tertiary/aromatic N) is 4. The van der Waals surface area contributed by atoms with Crippen LogP contribution in [0.2, 0.25) is 0 Å². The zero-order chi connectivity index (χ0) is 14.3. The van der Waals surface area contributed by atoms with Crippen molar-refractivity contribution in [2.45, 2.75) is 24.2 Å². The predicted octanol–water partition coefficient (Wildman–Crippen LogP) is -0.828. The fourth-order valence-corrected chi connectivity index (χ4v) is 2.54. The molecule has 0 aliphatic carbocycles. The second kappa shape index (κ2) is 4.42. The van der Waals surface area contributed by atoms with Crippen molar-refractivity contribution in [1.82, 2.24) is 14.6 Å². The van der Waals surface area contributed by atoms with Gasteiger partial charge in [0.05, 0.1) is 18.4 Å². The van der Waals surface area contributed by atoms with Crippen LogP contribution in [-0.4, -0.2) is 43.6 Å².